The van der Waals surface area contributed by atoms with Gasteiger partial charge >= 0.3 is 6.36 Å². The molecule has 1 aliphatic rings. The standard InChI is InChI=1S/C20H14F3N3O5S/c21-20(22,23)31-13-5-3-12(4-6-13)19(7-9-29-14-2-1-8-24-16(14)19)26-17(28)15-10-25-18(32-15)30-11-27/h1-6,8,10-11H,7,9H2,(H,26,28). The fourth-order valence-corrected chi connectivity index (χ4v) is 4.02. The molecule has 1 atom stereocenters. The van der Waals surface area contributed by atoms with Crippen molar-refractivity contribution in [3.8, 4) is 16.7 Å². The van der Waals surface area contributed by atoms with Gasteiger partial charge in [-0.2, -0.15) is 0 Å². The Bertz CT molecular complexity index is 1140. The number of carbonyl (C=O) groups is 2. The summed E-state index contributed by atoms with van der Waals surface area (Å²) >= 11 is 0.865. The lowest BCUT2D eigenvalue weighted by Gasteiger charge is -2.38. The molecule has 1 aliphatic heterocycles. The van der Waals surface area contributed by atoms with Crippen LogP contribution in [-0.4, -0.2) is 35.3 Å². The normalized spacial score (nSPS) is 17.6. The van der Waals surface area contributed by atoms with Crippen LogP contribution in [-0.2, 0) is 10.3 Å². The van der Waals surface area contributed by atoms with Gasteiger partial charge in [0.15, 0.2) is 0 Å². The number of thiazole rings is 1. The molecule has 0 spiro atoms. The van der Waals surface area contributed by atoms with E-state index < -0.39 is 23.6 Å². The van der Waals surface area contributed by atoms with Gasteiger partial charge in [0.05, 0.1) is 12.8 Å². The van der Waals surface area contributed by atoms with Crippen LogP contribution < -0.4 is 19.5 Å². The summed E-state index contributed by atoms with van der Waals surface area (Å²) in [5.41, 5.74) is -0.311. The van der Waals surface area contributed by atoms with E-state index in [-0.39, 0.29) is 29.6 Å². The number of hydrogen-bond donors (Lipinski definition) is 1. The molecule has 1 aromatic carbocycles. The molecule has 32 heavy (non-hydrogen) atoms. The lowest BCUT2D eigenvalue weighted by atomic mass is 9.81. The van der Waals surface area contributed by atoms with Crippen molar-refractivity contribution >= 4 is 23.7 Å². The number of nitrogens with one attached hydrogen (secondary N) is 1. The zero-order valence-corrected chi connectivity index (χ0v) is 16.9. The number of fused-ring (bicyclic) bond motifs is 1. The Morgan fingerprint density at radius 2 is 2.00 bits per heavy atom. The molecule has 1 N–H and O–H groups in total. The molecule has 1 unspecified atom stereocenters. The van der Waals surface area contributed by atoms with Crippen LogP contribution in [0.4, 0.5) is 13.2 Å². The number of alkyl halides is 3. The molecular weight excluding hydrogens is 451 g/mol. The Labute approximate surface area is 183 Å². The number of aromatic nitrogens is 2. The lowest BCUT2D eigenvalue weighted by molar-refractivity contribution is -0.274. The third kappa shape index (κ3) is 4.35. The minimum absolute atomic E-state index is 0.00152. The third-order valence-corrected chi connectivity index (χ3v) is 5.56. The van der Waals surface area contributed by atoms with Crippen molar-refractivity contribution in [3.05, 3.63) is 64.9 Å². The summed E-state index contributed by atoms with van der Waals surface area (Å²) in [5.74, 6) is -0.490. The molecule has 1 amide bonds. The van der Waals surface area contributed by atoms with Crippen LogP contribution in [0.2, 0.25) is 0 Å². The number of halogens is 3. The van der Waals surface area contributed by atoms with Crippen LogP contribution in [0.5, 0.6) is 16.7 Å². The van der Waals surface area contributed by atoms with Gasteiger partial charge in [-0.05, 0) is 29.8 Å². The highest BCUT2D eigenvalue weighted by Gasteiger charge is 2.43. The van der Waals surface area contributed by atoms with Crippen LogP contribution in [0.15, 0.2) is 48.8 Å². The van der Waals surface area contributed by atoms with Crippen LogP contribution in [0, 0.1) is 0 Å². The monoisotopic (exact) mass is 465 g/mol. The molecule has 0 saturated heterocycles. The van der Waals surface area contributed by atoms with Gasteiger partial charge in [-0.1, -0.05) is 23.5 Å². The van der Waals surface area contributed by atoms with E-state index in [1.54, 1.807) is 12.1 Å². The Morgan fingerprint density at radius 3 is 2.72 bits per heavy atom. The van der Waals surface area contributed by atoms with E-state index in [4.69, 9.17) is 4.74 Å². The van der Waals surface area contributed by atoms with Gasteiger partial charge in [0.2, 0.25) is 0 Å². The SMILES string of the molecule is O=COc1ncc(C(=O)NC2(c3ccc(OC(F)(F)F)cc3)CCOc3cccnc32)s1. The van der Waals surface area contributed by atoms with Crippen molar-refractivity contribution in [2.75, 3.05) is 6.61 Å². The summed E-state index contributed by atoms with van der Waals surface area (Å²) in [5, 5.41) is 2.92. The van der Waals surface area contributed by atoms with Gasteiger partial charge in [-0.25, -0.2) is 4.98 Å². The Hall–Kier alpha value is -3.67. The summed E-state index contributed by atoms with van der Waals surface area (Å²) in [6, 6.07) is 8.54. The van der Waals surface area contributed by atoms with Crippen LogP contribution in [0.1, 0.15) is 27.3 Å². The fourth-order valence-electron chi connectivity index (χ4n) is 3.39. The van der Waals surface area contributed by atoms with Gasteiger partial charge < -0.3 is 19.5 Å². The highest BCUT2D eigenvalue weighted by Crippen LogP contribution is 2.41. The average Bonchev–Trinajstić information content (AvgIpc) is 3.22. The highest BCUT2D eigenvalue weighted by atomic mass is 32.1. The lowest BCUT2D eigenvalue weighted by Crippen LogP contribution is -2.50. The largest absolute Gasteiger partial charge is 0.573 e. The fraction of sp³-hybridized carbons (Fsp3) is 0.200. The Morgan fingerprint density at radius 1 is 1.22 bits per heavy atom. The summed E-state index contributed by atoms with van der Waals surface area (Å²) < 4.78 is 51.9. The number of nitrogens with zero attached hydrogens (tertiary/aromatic N) is 2. The molecule has 0 radical (unpaired) electrons. The summed E-state index contributed by atoms with van der Waals surface area (Å²) in [7, 11) is 0. The molecular formula is C20H14F3N3O5S. The molecule has 0 aliphatic carbocycles. The van der Waals surface area contributed by atoms with Crippen molar-refractivity contribution in [2.24, 2.45) is 0 Å². The zero-order chi connectivity index (χ0) is 22.8. The maximum Gasteiger partial charge on any atom is 0.573 e. The van der Waals surface area contributed by atoms with Crippen molar-refractivity contribution in [2.45, 2.75) is 18.3 Å². The summed E-state index contributed by atoms with van der Waals surface area (Å²) in [6.45, 7) is 0.424. The van der Waals surface area contributed by atoms with Gasteiger partial charge in [0.25, 0.3) is 17.6 Å². The van der Waals surface area contributed by atoms with E-state index in [9.17, 15) is 22.8 Å². The van der Waals surface area contributed by atoms with Gasteiger partial charge in [0.1, 0.15) is 27.6 Å². The van der Waals surface area contributed by atoms with Crippen LogP contribution in [0.25, 0.3) is 0 Å². The molecule has 0 bridgehead atoms. The van der Waals surface area contributed by atoms with E-state index in [1.807, 2.05) is 0 Å². The number of amides is 1. The van der Waals surface area contributed by atoms with E-state index in [0.29, 0.717) is 17.0 Å². The molecule has 166 valence electrons. The number of rotatable bonds is 6. The van der Waals surface area contributed by atoms with Crippen molar-refractivity contribution in [1.82, 2.24) is 15.3 Å². The summed E-state index contributed by atoms with van der Waals surface area (Å²) in [6.07, 6.45) is -1.78. The number of benzene rings is 1. The minimum Gasteiger partial charge on any atom is -0.491 e. The maximum absolute atomic E-state index is 13.0. The first kappa shape index (κ1) is 21.6. The van der Waals surface area contributed by atoms with Gasteiger partial charge in [-0.3, -0.25) is 14.6 Å². The molecule has 3 heterocycles. The second-order valence-electron chi connectivity index (χ2n) is 6.58. The highest BCUT2D eigenvalue weighted by molar-refractivity contribution is 7.15. The Balaban J connectivity index is 1.73. The van der Waals surface area contributed by atoms with Gasteiger partial charge in [-0.15, -0.1) is 13.2 Å². The number of carbonyl (C=O) groups excluding carboxylic acids is 2. The number of hydrogen-bond acceptors (Lipinski definition) is 8. The summed E-state index contributed by atoms with van der Waals surface area (Å²) in [4.78, 5) is 31.9. The molecule has 4 rings (SSSR count). The first-order chi connectivity index (χ1) is 15.3. The first-order valence-corrected chi connectivity index (χ1v) is 9.95. The predicted molar refractivity (Wildman–Crippen MR) is 105 cm³/mol. The quantitative estimate of drug-likeness (QED) is 0.557. The molecule has 3 aromatic rings. The van der Waals surface area contributed by atoms with Crippen molar-refractivity contribution < 1.29 is 37.0 Å². The van der Waals surface area contributed by atoms with Crippen molar-refractivity contribution in [3.63, 3.8) is 0 Å². The van der Waals surface area contributed by atoms with Crippen LogP contribution in [0.3, 0.4) is 0 Å². The van der Waals surface area contributed by atoms with Crippen molar-refractivity contribution in [1.29, 1.82) is 0 Å². The predicted octanol–water partition coefficient (Wildman–Crippen LogP) is 3.43. The smallest absolute Gasteiger partial charge is 0.491 e. The minimum atomic E-state index is -4.83. The second kappa shape index (κ2) is 8.46. The molecule has 12 heteroatoms. The maximum atomic E-state index is 13.0. The number of pyridine rings is 1. The molecule has 2 aromatic heterocycles. The van der Waals surface area contributed by atoms with E-state index >= 15 is 0 Å². The molecule has 0 saturated carbocycles. The average molecular weight is 465 g/mol. The Kier molecular flexibility index (Phi) is 5.70. The van der Waals surface area contributed by atoms with E-state index in [0.717, 1.165) is 23.5 Å². The van der Waals surface area contributed by atoms with Crippen LogP contribution >= 0.6 is 11.3 Å². The molecule has 8 nitrogen and oxygen atoms in total. The number of ether oxygens (including phenoxy) is 3. The molecule has 0 fully saturated rings. The first-order valence-electron chi connectivity index (χ1n) is 9.14. The van der Waals surface area contributed by atoms with E-state index in [2.05, 4.69) is 24.8 Å². The zero-order valence-electron chi connectivity index (χ0n) is 16.1. The topological polar surface area (TPSA) is 99.6 Å². The third-order valence-electron chi connectivity index (χ3n) is 4.67. The second-order valence-corrected chi connectivity index (χ2v) is 7.58. The van der Waals surface area contributed by atoms with Gasteiger partial charge in [0, 0.05) is 12.6 Å². The van der Waals surface area contributed by atoms with E-state index in [1.165, 1.54) is 24.5 Å².